The van der Waals surface area contributed by atoms with E-state index in [-0.39, 0.29) is 17.6 Å². The summed E-state index contributed by atoms with van der Waals surface area (Å²) in [6, 6.07) is 14.2. The Hall–Kier alpha value is -4.22. The Bertz CT molecular complexity index is 1260. The summed E-state index contributed by atoms with van der Waals surface area (Å²) in [6.45, 7) is 3.42. The Morgan fingerprint density at radius 2 is 1.81 bits per heavy atom. The Morgan fingerprint density at radius 1 is 1.06 bits per heavy atom. The second-order valence-corrected chi connectivity index (χ2v) is 6.77. The van der Waals surface area contributed by atoms with Gasteiger partial charge in [0.25, 0.3) is 11.9 Å². The first-order valence-electron chi connectivity index (χ1n) is 9.28. The van der Waals surface area contributed by atoms with Gasteiger partial charge in [0.2, 0.25) is 11.6 Å². The molecule has 2 aromatic heterocycles. The van der Waals surface area contributed by atoms with Crippen LogP contribution in [0.1, 0.15) is 27.8 Å². The minimum Gasteiger partial charge on any atom is -0.457 e. The van der Waals surface area contributed by atoms with Crippen molar-refractivity contribution in [2.45, 2.75) is 20.0 Å². The van der Waals surface area contributed by atoms with E-state index in [0.717, 1.165) is 10.2 Å². The van der Waals surface area contributed by atoms with Gasteiger partial charge in [0.05, 0.1) is 0 Å². The van der Waals surface area contributed by atoms with Crippen molar-refractivity contribution in [3.8, 4) is 17.4 Å². The first-order valence-corrected chi connectivity index (χ1v) is 9.28. The van der Waals surface area contributed by atoms with E-state index >= 15 is 0 Å². The fourth-order valence-electron chi connectivity index (χ4n) is 2.76. The molecule has 0 aliphatic heterocycles. The first kappa shape index (κ1) is 21.0. The number of amides is 1. The van der Waals surface area contributed by atoms with Crippen LogP contribution in [0.2, 0.25) is 0 Å². The van der Waals surface area contributed by atoms with Gasteiger partial charge < -0.3 is 10.1 Å². The van der Waals surface area contributed by atoms with E-state index in [0.29, 0.717) is 17.2 Å². The Balaban J connectivity index is 1.45. The molecule has 4 rings (SSSR count). The van der Waals surface area contributed by atoms with Gasteiger partial charge in [0.15, 0.2) is 0 Å². The number of carbonyl (C=O) groups is 1. The number of rotatable bonds is 5. The van der Waals surface area contributed by atoms with Gasteiger partial charge in [-0.05, 0) is 55.8 Å². The van der Waals surface area contributed by atoms with Crippen molar-refractivity contribution in [2.24, 2.45) is 0 Å². The van der Waals surface area contributed by atoms with E-state index < -0.39 is 17.9 Å². The van der Waals surface area contributed by atoms with Crippen molar-refractivity contribution in [2.75, 3.05) is 5.32 Å². The smallest absolute Gasteiger partial charge is 0.451 e. The maximum Gasteiger partial charge on any atom is 0.451 e. The number of H-pyrrole nitrogens is 1. The van der Waals surface area contributed by atoms with Crippen LogP contribution in [-0.4, -0.2) is 35.9 Å². The summed E-state index contributed by atoms with van der Waals surface area (Å²) in [5.41, 5.74) is 1.52. The fraction of sp³-hybridized carbons (Fsp3) is 0.150. The monoisotopic (exact) mass is 443 g/mol. The number of hydrogen-bond donors (Lipinski definition) is 2. The predicted molar refractivity (Wildman–Crippen MR) is 107 cm³/mol. The highest BCUT2D eigenvalue weighted by atomic mass is 19.4. The molecule has 0 radical (unpaired) electrons. The van der Waals surface area contributed by atoms with Crippen molar-refractivity contribution < 1.29 is 22.7 Å². The number of alkyl halides is 3. The second-order valence-electron chi connectivity index (χ2n) is 6.77. The van der Waals surface area contributed by atoms with Crippen LogP contribution in [0.25, 0.3) is 5.95 Å². The number of hydrogen-bond acceptors (Lipinski definition) is 6. The molecule has 0 bridgehead atoms. The van der Waals surface area contributed by atoms with E-state index in [1.54, 1.807) is 29.4 Å². The van der Waals surface area contributed by atoms with E-state index in [1.165, 1.54) is 6.92 Å². The van der Waals surface area contributed by atoms with Crippen LogP contribution < -0.4 is 10.1 Å². The zero-order valence-electron chi connectivity index (χ0n) is 16.8. The molecule has 0 fully saturated rings. The summed E-state index contributed by atoms with van der Waals surface area (Å²) in [7, 11) is 0. The summed E-state index contributed by atoms with van der Waals surface area (Å²) in [4.78, 5) is 19.8. The average molecular weight is 443 g/mol. The van der Waals surface area contributed by atoms with Crippen molar-refractivity contribution in [1.29, 1.82) is 0 Å². The second kappa shape index (κ2) is 8.13. The van der Waals surface area contributed by atoms with E-state index in [2.05, 4.69) is 25.5 Å². The lowest BCUT2D eigenvalue weighted by Gasteiger charge is -2.08. The number of aromatic nitrogens is 6. The number of halogens is 3. The van der Waals surface area contributed by atoms with Crippen LogP contribution >= 0.6 is 0 Å². The molecule has 32 heavy (non-hydrogen) atoms. The third-order valence-corrected chi connectivity index (χ3v) is 4.24. The third-order valence-electron chi connectivity index (χ3n) is 4.24. The topological polar surface area (TPSA) is 111 Å². The molecule has 2 heterocycles. The minimum atomic E-state index is -4.69. The van der Waals surface area contributed by atoms with Gasteiger partial charge in [-0.3, -0.25) is 9.89 Å². The van der Waals surface area contributed by atoms with Crippen LogP contribution in [0.4, 0.5) is 18.9 Å². The van der Waals surface area contributed by atoms with Crippen LogP contribution in [0.15, 0.2) is 48.5 Å². The molecule has 164 valence electrons. The molecule has 2 N–H and O–H groups in total. The van der Waals surface area contributed by atoms with Gasteiger partial charge in [-0.25, -0.2) is 4.98 Å². The lowest BCUT2D eigenvalue weighted by atomic mass is 10.2. The van der Waals surface area contributed by atoms with Crippen molar-refractivity contribution in [3.63, 3.8) is 0 Å². The number of nitrogens with one attached hydrogen (secondary N) is 2. The predicted octanol–water partition coefficient (Wildman–Crippen LogP) is 4.07. The van der Waals surface area contributed by atoms with Crippen molar-refractivity contribution in [1.82, 2.24) is 29.9 Å². The standard InChI is InChI=1S/C20H16F3N7O2/c1-11-4-3-5-15(10-11)32-14-8-6-13(7-9-14)25-17(31)16-24-12(2)30(29-16)19-26-18(27-28-19)20(21,22)23/h3-10H,1-2H3,(H,25,31)(H,26,27,28). The molecule has 0 saturated heterocycles. The third kappa shape index (κ3) is 4.58. The van der Waals surface area contributed by atoms with Gasteiger partial charge in [0.1, 0.15) is 17.3 Å². The Morgan fingerprint density at radius 3 is 2.47 bits per heavy atom. The maximum absolute atomic E-state index is 12.7. The highest BCUT2D eigenvalue weighted by molar-refractivity contribution is 6.01. The SMILES string of the molecule is Cc1cccc(Oc2ccc(NC(=O)c3nc(C)n(-c4n[nH]c(C(F)(F)F)n4)n3)cc2)c1. The summed E-state index contributed by atoms with van der Waals surface area (Å²) in [5.74, 6) is -1.14. The average Bonchev–Trinajstić information content (AvgIpc) is 3.36. The molecular weight excluding hydrogens is 427 g/mol. The molecule has 9 nitrogen and oxygen atoms in total. The Labute approximate surface area is 179 Å². The fourth-order valence-corrected chi connectivity index (χ4v) is 2.76. The molecule has 0 saturated carbocycles. The van der Waals surface area contributed by atoms with Crippen molar-refractivity contribution in [3.05, 3.63) is 71.6 Å². The highest BCUT2D eigenvalue weighted by Crippen LogP contribution is 2.26. The van der Waals surface area contributed by atoms with Gasteiger partial charge in [-0.1, -0.05) is 12.1 Å². The zero-order chi connectivity index (χ0) is 22.9. The highest BCUT2D eigenvalue weighted by Gasteiger charge is 2.35. The first-order chi connectivity index (χ1) is 15.2. The molecule has 0 atom stereocenters. The van der Waals surface area contributed by atoms with Crippen LogP contribution in [0.3, 0.4) is 0 Å². The molecule has 12 heteroatoms. The van der Waals surface area contributed by atoms with Crippen LogP contribution in [0.5, 0.6) is 11.5 Å². The number of aryl methyl sites for hydroxylation is 2. The van der Waals surface area contributed by atoms with Crippen LogP contribution in [-0.2, 0) is 6.18 Å². The molecule has 0 unspecified atom stereocenters. The Kier molecular flexibility index (Phi) is 5.34. The molecule has 0 aliphatic rings. The van der Waals surface area contributed by atoms with Gasteiger partial charge in [-0.2, -0.15) is 22.8 Å². The quantitative estimate of drug-likeness (QED) is 0.481. The largest absolute Gasteiger partial charge is 0.457 e. The minimum absolute atomic E-state index is 0.143. The molecular formula is C20H16F3N7O2. The summed E-state index contributed by atoms with van der Waals surface area (Å²) in [6.07, 6.45) is -4.69. The van der Waals surface area contributed by atoms with Gasteiger partial charge >= 0.3 is 6.18 Å². The molecule has 4 aromatic rings. The number of benzene rings is 2. The number of nitrogens with zero attached hydrogens (tertiary/aromatic N) is 5. The summed E-state index contributed by atoms with van der Waals surface area (Å²) in [5, 5.41) is 11.8. The normalized spacial score (nSPS) is 11.4. The number of aromatic amines is 1. The van der Waals surface area contributed by atoms with Crippen LogP contribution in [0, 0.1) is 13.8 Å². The maximum atomic E-state index is 12.7. The van der Waals surface area contributed by atoms with Gasteiger partial charge in [-0.15, -0.1) is 10.2 Å². The molecule has 0 aliphatic carbocycles. The molecule has 1 amide bonds. The van der Waals surface area contributed by atoms with E-state index in [9.17, 15) is 18.0 Å². The number of anilines is 1. The summed E-state index contributed by atoms with van der Waals surface area (Å²) < 4.78 is 44.8. The number of ether oxygens (including phenoxy) is 1. The van der Waals surface area contributed by atoms with E-state index in [1.807, 2.05) is 31.2 Å². The zero-order valence-corrected chi connectivity index (χ0v) is 16.8. The lowest BCUT2D eigenvalue weighted by Crippen LogP contribution is -2.14. The van der Waals surface area contributed by atoms with Gasteiger partial charge in [0, 0.05) is 5.69 Å². The number of carbonyl (C=O) groups excluding carboxylic acids is 1. The summed E-state index contributed by atoms with van der Waals surface area (Å²) >= 11 is 0. The van der Waals surface area contributed by atoms with Crippen molar-refractivity contribution >= 4 is 11.6 Å². The lowest BCUT2D eigenvalue weighted by molar-refractivity contribution is -0.144. The molecule has 0 spiro atoms. The van der Waals surface area contributed by atoms with E-state index in [4.69, 9.17) is 4.74 Å². The molecule has 2 aromatic carbocycles.